The van der Waals surface area contributed by atoms with Crippen LogP contribution in [-0.2, 0) is 0 Å². The van der Waals surface area contributed by atoms with Crippen LogP contribution >= 0.6 is 0 Å². The molecule has 2 heterocycles. The predicted molar refractivity (Wildman–Crippen MR) is 68.8 cm³/mol. The molecule has 0 spiro atoms. The fourth-order valence-electron chi connectivity index (χ4n) is 3.15. The third kappa shape index (κ3) is 2.76. The van der Waals surface area contributed by atoms with E-state index in [0.29, 0.717) is 5.54 Å². The maximum atomic E-state index is 3.63. The quantitative estimate of drug-likeness (QED) is 0.760. The van der Waals surface area contributed by atoms with Crippen LogP contribution in [0.1, 0.15) is 33.1 Å². The number of rotatable bonds is 2. The molecule has 0 aliphatic carbocycles. The molecule has 2 saturated heterocycles. The van der Waals surface area contributed by atoms with Crippen molar-refractivity contribution in [3.8, 4) is 0 Å². The van der Waals surface area contributed by atoms with Crippen LogP contribution in [0.5, 0.6) is 0 Å². The predicted octanol–water partition coefficient (Wildman–Crippen LogP) is 1.15. The lowest BCUT2D eigenvalue weighted by Gasteiger charge is -2.38. The average molecular weight is 225 g/mol. The van der Waals surface area contributed by atoms with Crippen molar-refractivity contribution in [1.29, 1.82) is 0 Å². The number of nitrogens with zero attached hydrogens (tertiary/aromatic N) is 2. The Morgan fingerprint density at radius 1 is 1.19 bits per heavy atom. The zero-order chi connectivity index (χ0) is 11.8. The van der Waals surface area contributed by atoms with Crippen molar-refractivity contribution in [2.45, 2.75) is 50.7 Å². The number of hydrogen-bond acceptors (Lipinski definition) is 3. The van der Waals surface area contributed by atoms with E-state index in [0.717, 1.165) is 12.1 Å². The van der Waals surface area contributed by atoms with Gasteiger partial charge in [-0.05, 0) is 60.3 Å². The molecular weight excluding hydrogens is 198 g/mol. The van der Waals surface area contributed by atoms with Gasteiger partial charge in [0.05, 0.1) is 0 Å². The lowest BCUT2D eigenvalue weighted by atomic mass is 9.97. The standard InChI is InChI=1S/C13H27N3/c1-13(2)9-12(10-14-13)16-7-5-11(6-8-16)15(3)4/h11-12,14H,5-10H2,1-4H3. The summed E-state index contributed by atoms with van der Waals surface area (Å²) in [6, 6.07) is 1.58. The van der Waals surface area contributed by atoms with Crippen LogP contribution in [0, 0.1) is 0 Å². The Labute approximate surface area is 100 Å². The number of likely N-dealkylation sites (tertiary alicyclic amines) is 1. The second-order valence-corrected chi connectivity index (χ2v) is 6.35. The number of hydrogen-bond donors (Lipinski definition) is 1. The summed E-state index contributed by atoms with van der Waals surface area (Å²) in [7, 11) is 4.42. The topological polar surface area (TPSA) is 18.5 Å². The summed E-state index contributed by atoms with van der Waals surface area (Å²) in [5.41, 5.74) is 0.350. The van der Waals surface area contributed by atoms with Crippen LogP contribution in [0.25, 0.3) is 0 Å². The summed E-state index contributed by atoms with van der Waals surface area (Å²) in [6.07, 6.45) is 3.98. The van der Waals surface area contributed by atoms with Crippen molar-refractivity contribution in [3.05, 3.63) is 0 Å². The van der Waals surface area contributed by atoms with Crippen LogP contribution in [0.15, 0.2) is 0 Å². The molecule has 0 aromatic carbocycles. The van der Waals surface area contributed by atoms with E-state index in [9.17, 15) is 0 Å². The Morgan fingerprint density at radius 3 is 2.25 bits per heavy atom. The van der Waals surface area contributed by atoms with Crippen LogP contribution in [-0.4, -0.2) is 61.2 Å². The fourth-order valence-corrected chi connectivity index (χ4v) is 3.15. The smallest absolute Gasteiger partial charge is 0.0238 e. The minimum atomic E-state index is 0.350. The molecule has 0 aromatic heterocycles. The molecule has 3 heteroatoms. The van der Waals surface area contributed by atoms with Gasteiger partial charge in [-0.1, -0.05) is 0 Å². The van der Waals surface area contributed by atoms with Crippen molar-refractivity contribution in [2.75, 3.05) is 33.7 Å². The molecule has 0 radical (unpaired) electrons. The summed E-state index contributed by atoms with van der Waals surface area (Å²) in [5.74, 6) is 0. The molecule has 3 nitrogen and oxygen atoms in total. The van der Waals surface area contributed by atoms with Gasteiger partial charge in [-0.2, -0.15) is 0 Å². The molecule has 2 fully saturated rings. The minimum absolute atomic E-state index is 0.350. The monoisotopic (exact) mass is 225 g/mol. The molecule has 94 valence electrons. The summed E-state index contributed by atoms with van der Waals surface area (Å²) < 4.78 is 0. The molecule has 0 aromatic rings. The van der Waals surface area contributed by atoms with Gasteiger partial charge in [0.1, 0.15) is 0 Å². The molecule has 1 unspecified atom stereocenters. The summed E-state index contributed by atoms with van der Waals surface area (Å²) >= 11 is 0. The first-order valence-electron chi connectivity index (χ1n) is 6.63. The molecule has 16 heavy (non-hydrogen) atoms. The number of piperidine rings is 1. The van der Waals surface area contributed by atoms with Gasteiger partial charge in [-0.25, -0.2) is 0 Å². The highest BCUT2D eigenvalue weighted by Crippen LogP contribution is 2.25. The van der Waals surface area contributed by atoms with Crippen LogP contribution < -0.4 is 5.32 Å². The van der Waals surface area contributed by atoms with Gasteiger partial charge in [0, 0.05) is 24.2 Å². The molecule has 1 atom stereocenters. The van der Waals surface area contributed by atoms with Gasteiger partial charge in [0.2, 0.25) is 0 Å². The highest BCUT2D eigenvalue weighted by molar-refractivity contribution is 4.95. The summed E-state index contributed by atoms with van der Waals surface area (Å²) in [5, 5.41) is 3.63. The Kier molecular flexibility index (Phi) is 3.57. The first-order valence-corrected chi connectivity index (χ1v) is 6.63. The van der Waals surface area contributed by atoms with E-state index in [4.69, 9.17) is 0 Å². The van der Waals surface area contributed by atoms with Crippen molar-refractivity contribution < 1.29 is 0 Å². The van der Waals surface area contributed by atoms with Gasteiger partial charge in [-0.3, -0.25) is 4.90 Å². The normalized spacial score (nSPS) is 32.4. The van der Waals surface area contributed by atoms with Gasteiger partial charge in [-0.15, -0.1) is 0 Å². The third-order valence-corrected chi connectivity index (χ3v) is 4.31. The van der Waals surface area contributed by atoms with Crippen molar-refractivity contribution in [2.24, 2.45) is 0 Å². The Morgan fingerprint density at radius 2 is 1.81 bits per heavy atom. The SMILES string of the molecule is CN(C)C1CCN(C2CNC(C)(C)C2)CC1. The lowest BCUT2D eigenvalue weighted by molar-refractivity contribution is 0.112. The van der Waals surface area contributed by atoms with E-state index < -0.39 is 0 Å². The zero-order valence-corrected chi connectivity index (χ0v) is 11.3. The first kappa shape index (κ1) is 12.3. The van der Waals surface area contributed by atoms with Gasteiger partial charge < -0.3 is 10.2 Å². The van der Waals surface area contributed by atoms with E-state index in [-0.39, 0.29) is 0 Å². The number of nitrogens with one attached hydrogen (secondary N) is 1. The molecular formula is C13H27N3. The Bertz CT molecular complexity index is 229. The van der Waals surface area contributed by atoms with E-state index >= 15 is 0 Å². The van der Waals surface area contributed by atoms with E-state index in [1.54, 1.807) is 0 Å². The molecule has 2 aliphatic rings. The van der Waals surface area contributed by atoms with Crippen molar-refractivity contribution in [1.82, 2.24) is 15.1 Å². The highest BCUT2D eigenvalue weighted by atomic mass is 15.2. The second-order valence-electron chi connectivity index (χ2n) is 6.35. The third-order valence-electron chi connectivity index (χ3n) is 4.31. The van der Waals surface area contributed by atoms with Crippen LogP contribution in [0.2, 0.25) is 0 Å². The average Bonchev–Trinajstić information content (AvgIpc) is 2.59. The van der Waals surface area contributed by atoms with Crippen LogP contribution in [0.3, 0.4) is 0 Å². The lowest BCUT2D eigenvalue weighted by Crippen LogP contribution is -2.47. The van der Waals surface area contributed by atoms with E-state index in [1.807, 2.05) is 0 Å². The first-order chi connectivity index (χ1) is 7.48. The maximum absolute atomic E-state index is 3.63. The molecule has 0 bridgehead atoms. The van der Waals surface area contributed by atoms with Crippen molar-refractivity contribution >= 4 is 0 Å². The van der Waals surface area contributed by atoms with E-state index in [1.165, 1.54) is 38.9 Å². The maximum Gasteiger partial charge on any atom is 0.0238 e. The molecule has 2 aliphatic heterocycles. The van der Waals surface area contributed by atoms with Gasteiger partial charge >= 0.3 is 0 Å². The van der Waals surface area contributed by atoms with Crippen molar-refractivity contribution in [3.63, 3.8) is 0 Å². The Hall–Kier alpha value is -0.120. The second kappa shape index (κ2) is 4.63. The van der Waals surface area contributed by atoms with Gasteiger partial charge in [0.25, 0.3) is 0 Å². The summed E-state index contributed by atoms with van der Waals surface area (Å²) in [4.78, 5) is 5.08. The van der Waals surface area contributed by atoms with Gasteiger partial charge in [0.15, 0.2) is 0 Å². The Balaban J connectivity index is 1.81. The molecule has 0 saturated carbocycles. The zero-order valence-electron chi connectivity index (χ0n) is 11.3. The van der Waals surface area contributed by atoms with Crippen LogP contribution in [0.4, 0.5) is 0 Å². The summed E-state index contributed by atoms with van der Waals surface area (Å²) in [6.45, 7) is 8.38. The fraction of sp³-hybridized carbons (Fsp3) is 1.00. The molecule has 1 N–H and O–H groups in total. The molecule has 0 amide bonds. The largest absolute Gasteiger partial charge is 0.310 e. The van der Waals surface area contributed by atoms with E-state index in [2.05, 4.69) is 43.1 Å². The molecule has 2 rings (SSSR count). The highest BCUT2D eigenvalue weighted by Gasteiger charge is 2.35. The minimum Gasteiger partial charge on any atom is -0.310 e.